The van der Waals surface area contributed by atoms with Gasteiger partial charge in [-0.15, -0.1) is 10.2 Å². The van der Waals surface area contributed by atoms with E-state index in [1.54, 1.807) is 19.5 Å². The second-order valence-electron chi connectivity index (χ2n) is 4.21. The van der Waals surface area contributed by atoms with Crippen LogP contribution in [-0.2, 0) is 4.74 Å². The standard InChI is InChI=1S/C15H13N3O2/c1-19-13-6-4-11(5-7-13)15-18-17-14(10-20-15)12-3-2-8-16-9-12/h2-9H,10H2,1H3. The zero-order valence-electron chi connectivity index (χ0n) is 11.0. The summed E-state index contributed by atoms with van der Waals surface area (Å²) in [7, 11) is 1.63. The van der Waals surface area contributed by atoms with Crippen molar-refractivity contribution in [2.45, 2.75) is 0 Å². The predicted molar refractivity (Wildman–Crippen MR) is 76.3 cm³/mol. The van der Waals surface area contributed by atoms with Gasteiger partial charge in [0.05, 0.1) is 7.11 Å². The quantitative estimate of drug-likeness (QED) is 0.857. The van der Waals surface area contributed by atoms with E-state index >= 15 is 0 Å². The Morgan fingerprint density at radius 2 is 1.90 bits per heavy atom. The summed E-state index contributed by atoms with van der Waals surface area (Å²) in [5.41, 5.74) is 2.57. The first-order chi connectivity index (χ1) is 9.86. The monoisotopic (exact) mass is 267 g/mol. The van der Waals surface area contributed by atoms with E-state index < -0.39 is 0 Å². The van der Waals surface area contributed by atoms with Crippen LogP contribution in [0.5, 0.6) is 5.75 Å². The third-order valence-electron chi connectivity index (χ3n) is 2.94. The molecule has 0 spiro atoms. The van der Waals surface area contributed by atoms with Gasteiger partial charge in [0.2, 0.25) is 5.90 Å². The minimum absolute atomic E-state index is 0.385. The fourth-order valence-electron chi connectivity index (χ4n) is 1.85. The Hall–Kier alpha value is -2.69. The van der Waals surface area contributed by atoms with Crippen LogP contribution in [0.4, 0.5) is 0 Å². The van der Waals surface area contributed by atoms with E-state index in [0.717, 1.165) is 22.6 Å². The number of methoxy groups -OCH3 is 1. The highest BCUT2D eigenvalue weighted by atomic mass is 16.5. The summed E-state index contributed by atoms with van der Waals surface area (Å²) in [5.74, 6) is 1.31. The van der Waals surface area contributed by atoms with Crippen LogP contribution < -0.4 is 4.74 Å². The second kappa shape index (κ2) is 5.52. The molecule has 0 fully saturated rings. The Labute approximate surface area is 116 Å². The molecule has 1 aromatic heterocycles. The van der Waals surface area contributed by atoms with Crippen LogP contribution >= 0.6 is 0 Å². The van der Waals surface area contributed by atoms with Gasteiger partial charge in [-0.25, -0.2) is 0 Å². The lowest BCUT2D eigenvalue weighted by Crippen LogP contribution is -2.19. The maximum atomic E-state index is 5.66. The molecule has 0 amide bonds. The number of pyridine rings is 1. The van der Waals surface area contributed by atoms with Crippen molar-refractivity contribution in [2.24, 2.45) is 10.2 Å². The Morgan fingerprint density at radius 1 is 1.05 bits per heavy atom. The van der Waals surface area contributed by atoms with Gasteiger partial charge >= 0.3 is 0 Å². The normalized spacial score (nSPS) is 14.1. The first kappa shape index (κ1) is 12.3. The van der Waals surface area contributed by atoms with Gasteiger partial charge in [0.1, 0.15) is 18.1 Å². The van der Waals surface area contributed by atoms with Crippen LogP contribution in [0.1, 0.15) is 11.1 Å². The first-order valence-corrected chi connectivity index (χ1v) is 6.19. The second-order valence-corrected chi connectivity index (χ2v) is 4.21. The molecule has 0 bridgehead atoms. The molecule has 5 heteroatoms. The van der Waals surface area contributed by atoms with Gasteiger partial charge in [-0.2, -0.15) is 0 Å². The van der Waals surface area contributed by atoms with Crippen molar-refractivity contribution in [2.75, 3.05) is 13.7 Å². The third kappa shape index (κ3) is 2.51. The molecular formula is C15H13N3O2. The largest absolute Gasteiger partial charge is 0.497 e. The van der Waals surface area contributed by atoms with E-state index in [0.29, 0.717) is 12.5 Å². The molecule has 0 aliphatic carbocycles. The van der Waals surface area contributed by atoms with Crippen LogP contribution in [0, 0.1) is 0 Å². The predicted octanol–water partition coefficient (Wildman–Crippen LogP) is 2.27. The SMILES string of the molecule is COc1ccc(C2=NN=C(c3cccnc3)CO2)cc1. The summed E-state index contributed by atoms with van der Waals surface area (Å²) < 4.78 is 10.8. The minimum atomic E-state index is 0.385. The topological polar surface area (TPSA) is 56.1 Å². The molecule has 0 saturated heterocycles. The molecule has 2 heterocycles. The van der Waals surface area contributed by atoms with Crippen LogP contribution in [0.15, 0.2) is 59.0 Å². The molecule has 5 nitrogen and oxygen atoms in total. The van der Waals surface area contributed by atoms with Gasteiger partial charge in [-0.05, 0) is 36.4 Å². The number of hydrogen-bond donors (Lipinski definition) is 0. The molecular weight excluding hydrogens is 254 g/mol. The molecule has 20 heavy (non-hydrogen) atoms. The Bertz CT molecular complexity index is 649. The summed E-state index contributed by atoms with van der Waals surface area (Å²) in [4.78, 5) is 4.06. The van der Waals surface area contributed by atoms with Crippen molar-refractivity contribution in [3.8, 4) is 5.75 Å². The molecule has 1 aliphatic rings. The molecule has 0 N–H and O–H groups in total. The average molecular weight is 267 g/mol. The van der Waals surface area contributed by atoms with E-state index in [1.165, 1.54) is 0 Å². The average Bonchev–Trinajstić information content (AvgIpc) is 2.56. The number of aromatic nitrogens is 1. The van der Waals surface area contributed by atoms with Crippen molar-refractivity contribution in [3.05, 3.63) is 59.9 Å². The summed E-state index contributed by atoms with van der Waals surface area (Å²) in [6.45, 7) is 0.385. The lowest BCUT2D eigenvalue weighted by Gasteiger charge is -2.14. The first-order valence-electron chi connectivity index (χ1n) is 6.19. The van der Waals surface area contributed by atoms with Crippen molar-refractivity contribution >= 4 is 11.6 Å². The molecule has 100 valence electrons. The van der Waals surface area contributed by atoms with E-state index in [-0.39, 0.29) is 0 Å². The fraction of sp³-hybridized carbons (Fsp3) is 0.133. The molecule has 0 radical (unpaired) electrons. The van der Waals surface area contributed by atoms with Gasteiger partial charge in [0, 0.05) is 23.5 Å². The zero-order chi connectivity index (χ0) is 13.8. The van der Waals surface area contributed by atoms with Crippen LogP contribution in [-0.4, -0.2) is 30.3 Å². The highest BCUT2D eigenvalue weighted by Crippen LogP contribution is 2.15. The van der Waals surface area contributed by atoms with Gasteiger partial charge < -0.3 is 9.47 Å². The summed E-state index contributed by atoms with van der Waals surface area (Å²) in [6, 6.07) is 11.3. The van der Waals surface area contributed by atoms with E-state index in [4.69, 9.17) is 9.47 Å². The third-order valence-corrected chi connectivity index (χ3v) is 2.94. The number of rotatable bonds is 3. The summed E-state index contributed by atoms with van der Waals surface area (Å²) in [6.07, 6.45) is 3.47. The Balaban J connectivity index is 1.83. The molecule has 3 rings (SSSR count). The van der Waals surface area contributed by atoms with Crippen molar-refractivity contribution in [3.63, 3.8) is 0 Å². The summed E-state index contributed by atoms with van der Waals surface area (Å²) in [5, 5.41) is 8.34. The van der Waals surface area contributed by atoms with Gasteiger partial charge in [-0.1, -0.05) is 0 Å². The number of hydrogen-bond acceptors (Lipinski definition) is 5. The van der Waals surface area contributed by atoms with E-state index in [1.807, 2.05) is 36.4 Å². The van der Waals surface area contributed by atoms with Gasteiger partial charge in [0.25, 0.3) is 0 Å². The van der Waals surface area contributed by atoms with Crippen molar-refractivity contribution < 1.29 is 9.47 Å². The maximum Gasteiger partial charge on any atom is 0.241 e. The minimum Gasteiger partial charge on any atom is -0.497 e. The number of nitrogens with zero attached hydrogens (tertiary/aromatic N) is 3. The van der Waals surface area contributed by atoms with E-state index in [2.05, 4.69) is 15.2 Å². The maximum absolute atomic E-state index is 5.66. The van der Waals surface area contributed by atoms with Crippen LogP contribution in [0.3, 0.4) is 0 Å². The van der Waals surface area contributed by atoms with Crippen LogP contribution in [0.25, 0.3) is 0 Å². The van der Waals surface area contributed by atoms with E-state index in [9.17, 15) is 0 Å². The Kier molecular flexibility index (Phi) is 3.41. The van der Waals surface area contributed by atoms with Crippen molar-refractivity contribution in [1.82, 2.24) is 4.98 Å². The molecule has 0 saturated carbocycles. The summed E-state index contributed by atoms with van der Waals surface area (Å²) >= 11 is 0. The highest BCUT2D eigenvalue weighted by molar-refractivity contribution is 6.05. The molecule has 0 atom stereocenters. The number of ether oxygens (including phenoxy) is 2. The molecule has 2 aromatic rings. The van der Waals surface area contributed by atoms with Crippen molar-refractivity contribution in [1.29, 1.82) is 0 Å². The lowest BCUT2D eigenvalue weighted by molar-refractivity contribution is 0.357. The highest BCUT2D eigenvalue weighted by Gasteiger charge is 2.14. The number of benzene rings is 1. The Morgan fingerprint density at radius 3 is 2.50 bits per heavy atom. The van der Waals surface area contributed by atoms with Crippen LogP contribution in [0.2, 0.25) is 0 Å². The fourth-order valence-corrected chi connectivity index (χ4v) is 1.85. The van der Waals surface area contributed by atoms with Gasteiger partial charge in [0.15, 0.2) is 0 Å². The molecule has 0 unspecified atom stereocenters. The zero-order valence-corrected chi connectivity index (χ0v) is 11.0. The van der Waals surface area contributed by atoms with Gasteiger partial charge in [-0.3, -0.25) is 4.98 Å². The molecule has 1 aromatic carbocycles. The smallest absolute Gasteiger partial charge is 0.241 e. The lowest BCUT2D eigenvalue weighted by atomic mass is 10.2. The molecule has 1 aliphatic heterocycles.